The van der Waals surface area contributed by atoms with Crippen LogP contribution < -0.4 is 15.4 Å². The smallest absolute Gasteiger partial charge is 0.255 e. The van der Waals surface area contributed by atoms with Crippen LogP contribution in [0.1, 0.15) is 34.6 Å². The van der Waals surface area contributed by atoms with E-state index < -0.39 is 23.7 Å². The summed E-state index contributed by atoms with van der Waals surface area (Å²) in [5.41, 5.74) is 0.622. The van der Waals surface area contributed by atoms with Crippen molar-refractivity contribution >= 4 is 11.8 Å². The van der Waals surface area contributed by atoms with E-state index in [1.807, 2.05) is 0 Å². The number of nitrogens with one attached hydrogen (secondary N) is 2. The number of hydrogen-bond donors (Lipinski definition) is 2. The second-order valence-electron chi connectivity index (χ2n) is 5.22. The zero-order valence-electron chi connectivity index (χ0n) is 13.7. The number of carbonyl (C=O) groups is 2. The van der Waals surface area contributed by atoms with Crippen LogP contribution in [0.3, 0.4) is 0 Å². The van der Waals surface area contributed by atoms with E-state index in [1.54, 1.807) is 19.9 Å². The molecule has 2 amide bonds. The van der Waals surface area contributed by atoms with Crippen LogP contribution in [0, 0.1) is 12.7 Å². The number of furan rings is 1. The van der Waals surface area contributed by atoms with Gasteiger partial charge in [-0.15, -0.1) is 0 Å². The first-order chi connectivity index (χ1) is 11.4. The Labute approximate surface area is 139 Å². The van der Waals surface area contributed by atoms with Crippen LogP contribution in [0.2, 0.25) is 0 Å². The van der Waals surface area contributed by atoms with Crippen molar-refractivity contribution in [1.29, 1.82) is 0 Å². The minimum absolute atomic E-state index is 0.232. The second-order valence-corrected chi connectivity index (χ2v) is 5.22. The quantitative estimate of drug-likeness (QED) is 0.850. The van der Waals surface area contributed by atoms with Crippen molar-refractivity contribution in [1.82, 2.24) is 10.6 Å². The van der Waals surface area contributed by atoms with Gasteiger partial charge in [0.25, 0.3) is 5.91 Å². The molecule has 24 heavy (non-hydrogen) atoms. The van der Waals surface area contributed by atoms with Gasteiger partial charge in [-0.25, -0.2) is 4.39 Å². The van der Waals surface area contributed by atoms with E-state index >= 15 is 0 Å². The molecule has 0 unspecified atom stereocenters. The van der Waals surface area contributed by atoms with E-state index in [1.165, 1.54) is 31.6 Å². The van der Waals surface area contributed by atoms with Crippen LogP contribution in [0.4, 0.5) is 4.39 Å². The van der Waals surface area contributed by atoms with Crippen LogP contribution in [-0.2, 0) is 4.79 Å². The van der Waals surface area contributed by atoms with Gasteiger partial charge < -0.3 is 19.8 Å². The number of ether oxygens (including phenoxy) is 1. The summed E-state index contributed by atoms with van der Waals surface area (Å²) in [4.78, 5) is 23.9. The fourth-order valence-corrected chi connectivity index (χ4v) is 2.36. The number of rotatable bonds is 6. The van der Waals surface area contributed by atoms with Crippen molar-refractivity contribution in [2.75, 3.05) is 13.7 Å². The van der Waals surface area contributed by atoms with Gasteiger partial charge in [-0.2, -0.15) is 0 Å². The van der Waals surface area contributed by atoms with Crippen molar-refractivity contribution in [2.45, 2.75) is 19.9 Å². The van der Waals surface area contributed by atoms with Gasteiger partial charge in [0.2, 0.25) is 5.91 Å². The molecule has 1 atom stereocenters. The summed E-state index contributed by atoms with van der Waals surface area (Å²) in [5, 5.41) is 5.12. The molecule has 1 aromatic carbocycles. The maximum atomic E-state index is 14.0. The predicted octanol–water partition coefficient (Wildman–Crippen LogP) is 2.34. The molecular weight excluding hydrogens is 315 g/mol. The fraction of sp³-hybridized carbons (Fsp3) is 0.294. The van der Waals surface area contributed by atoms with Crippen LogP contribution in [0.5, 0.6) is 5.75 Å². The largest absolute Gasteiger partial charge is 0.496 e. The highest BCUT2D eigenvalue weighted by Gasteiger charge is 2.19. The minimum Gasteiger partial charge on any atom is -0.496 e. The van der Waals surface area contributed by atoms with Crippen molar-refractivity contribution in [3.8, 4) is 5.75 Å². The highest BCUT2D eigenvalue weighted by atomic mass is 19.1. The lowest BCUT2D eigenvalue weighted by Crippen LogP contribution is -2.38. The van der Waals surface area contributed by atoms with Crippen molar-refractivity contribution < 1.29 is 23.1 Å². The lowest BCUT2D eigenvalue weighted by atomic mass is 10.1. The second kappa shape index (κ2) is 7.63. The third kappa shape index (κ3) is 3.92. The van der Waals surface area contributed by atoms with E-state index in [0.29, 0.717) is 17.1 Å². The maximum absolute atomic E-state index is 14.0. The molecule has 2 aromatic rings. The Morgan fingerprint density at radius 2 is 2.08 bits per heavy atom. The highest BCUT2D eigenvalue weighted by molar-refractivity contribution is 5.97. The van der Waals surface area contributed by atoms with Gasteiger partial charge in [-0.05, 0) is 32.0 Å². The lowest BCUT2D eigenvalue weighted by Gasteiger charge is -2.18. The zero-order chi connectivity index (χ0) is 17.7. The molecule has 0 radical (unpaired) electrons. The predicted molar refractivity (Wildman–Crippen MR) is 85.3 cm³/mol. The number of carbonyl (C=O) groups excluding carboxylic acids is 2. The van der Waals surface area contributed by atoms with Crippen molar-refractivity contribution in [2.24, 2.45) is 0 Å². The van der Waals surface area contributed by atoms with Crippen LogP contribution in [0.15, 0.2) is 34.9 Å². The normalized spacial score (nSPS) is 11.7. The van der Waals surface area contributed by atoms with Gasteiger partial charge in [0, 0.05) is 0 Å². The molecule has 0 fully saturated rings. The number of methoxy groups -OCH3 is 1. The molecule has 0 bridgehead atoms. The van der Waals surface area contributed by atoms with Gasteiger partial charge in [-0.1, -0.05) is 6.07 Å². The molecule has 0 aliphatic rings. The highest BCUT2D eigenvalue weighted by Crippen LogP contribution is 2.27. The number of amides is 2. The number of hydrogen-bond acceptors (Lipinski definition) is 4. The topological polar surface area (TPSA) is 80.6 Å². The average Bonchev–Trinajstić information content (AvgIpc) is 2.98. The zero-order valence-corrected chi connectivity index (χ0v) is 13.7. The van der Waals surface area contributed by atoms with Crippen molar-refractivity contribution in [3.05, 3.63) is 53.2 Å². The average molecular weight is 334 g/mol. The standard InChI is InChI=1S/C17H19FN2O4/c1-10(16-13(18)5-4-6-14(16)23-3)20-15(21)9-19-17(22)12-7-8-24-11(12)2/h4-8,10H,9H2,1-3H3,(H,19,22)(H,20,21)/t10-/m0/s1. The van der Waals surface area contributed by atoms with E-state index in [9.17, 15) is 14.0 Å². The lowest BCUT2D eigenvalue weighted by molar-refractivity contribution is -0.120. The summed E-state index contributed by atoms with van der Waals surface area (Å²) in [6, 6.07) is 5.35. The van der Waals surface area contributed by atoms with E-state index in [-0.39, 0.29) is 12.1 Å². The Hall–Kier alpha value is -2.83. The summed E-state index contributed by atoms with van der Waals surface area (Å²) in [5.74, 6) is -0.506. The third-order valence-electron chi connectivity index (χ3n) is 3.56. The van der Waals surface area contributed by atoms with Gasteiger partial charge in [0.05, 0.1) is 37.1 Å². The van der Waals surface area contributed by atoms with E-state index in [4.69, 9.17) is 9.15 Å². The van der Waals surface area contributed by atoms with Crippen molar-refractivity contribution in [3.63, 3.8) is 0 Å². The summed E-state index contributed by atoms with van der Waals surface area (Å²) < 4.78 is 24.1. The first-order valence-electron chi connectivity index (χ1n) is 7.38. The van der Waals surface area contributed by atoms with Crippen LogP contribution in [-0.4, -0.2) is 25.5 Å². The van der Waals surface area contributed by atoms with Gasteiger partial charge in [0.1, 0.15) is 17.3 Å². The van der Waals surface area contributed by atoms with Crippen LogP contribution in [0.25, 0.3) is 0 Å². The van der Waals surface area contributed by atoms with Gasteiger partial charge in [0.15, 0.2) is 0 Å². The Bertz CT molecular complexity index is 742. The molecule has 0 aliphatic heterocycles. The summed E-state index contributed by atoms with van der Waals surface area (Å²) in [6.45, 7) is 3.06. The minimum atomic E-state index is -0.610. The molecule has 0 spiro atoms. The van der Waals surface area contributed by atoms with Gasteiger partial charge >= 0.3 is 0 Å². The number of aryl methyl sites for hydroxylation is 1. The molecule has 2 N–H and O–H groups in total. The molecule has 6 nitrogen and oxygen atoms in total. The molecule has 2 rings (SSSR count). The summed E-state index contributed by atoms with van der Waals surface area (Å²) in [7, 11) is 1.43. The molecule has 128 valence electrons. The Balaban J connectivity index is 1.95. The fourth-order valence-electron chi connectivity index (χ4n) is 2.36. The third-order valence-corrected chi connectivity index (χ3v) is 3.56. The van der Waals surface area contributed by atoms with Crippen LogP contribution >= 0.6 is 0 Å². The van der Waals surface area contributed by atoms with E-state index in [2.05, 4.69) is 10.6 Å². The summed E-state index contributed by atoms with van der Waals surface area (Å²) in [6.07, 6.45) is 1.40. The number of benzene rings is 1. The molecule has 7 heteroatoms. The first-order valence-corrected chi connectivity index (χ1v) is 7.38. The Morgan fingerprint density at radius 3 is 2.71 bits per heavy atom. The summed E-state index contributed by atoms with van der Waals surface area (Å²) >= 11 is 0. The molecule has 1 aromatic heterocycles. The molecule has 0 aliphatic carbocycles. The molecule has 0 saturated heterocycles. The monoisotopic (exact) mass is 334 g/mol. The molecule has 1 heterocycles. The maximum Gasteiger partial charge on any atom is 0.255 e. The SMILES string of the molecule is COc1cccc(F)c1[C@H](C)NC(=O)CNC(=O)c1ccoc1C. The van der Waals surface area contributed by atoms with Gasteiger partial charge in [-0.3, -0.25) is 9.59 Å². The van der Waals surface area contributed by atoms with E-state index in [0.717, 1.165) is 0 Å². The molecular formula is C17H19FN2O4. The number of halogens is 1. The molecule has 0 saturated carbocycles. The first kappa shape index (κ1) is 17.5. The Morgan fingerprint density at radius 1 is 1.33 bits per heavy atom. The Kier molecular flexibility index (Phi) is 5.57.